The highest BCUT2D eigenvalue weighted by molar-refractivity contribution is 5.73. The summed E-state index contributed by atoms with van der Waals surface area (Å²) in [7, 11) is 0. The number of alkyl halides is 3. The van der Waals surface area contributed by atoms with Gasteiger partial charge in [0.15, 0.2) is 0 Å². The monoisotopic (exact) mass is 218 g/mol. The van der Waals surface area contributed by atoms with Crippen LogP contribution < -0.4 is 0 Å². The number of allylic oxidation sites excluding steroid dienone is 1. The Morgan fingerprint density at radius 3 is 2.40 bits per heavy atom. The van der Waals surface area contributed by atoms with Gasteiger partial charge in [-0.3, -0.25) is 4.79 Å². The second-order valence-corrected chi connectivity index (χ2v) is 2.73. The fourth-order valence-corrected chi connectivity index (χ4v) is 1.01. The highest BCUT2D eigenvalue weighted by Crippen LogP contribution is 2.31. The second kappa shape index (κ2) is 4.25. The fraction of sp³-hybridized carbons (Fsp3) is 0.100. The van der Waals surface area contributed by atoms with E-state index in [4.69, 9.17) is 0 Å². The molecule has 0 aliphatic carbocycles. The van der Waals surface area contributed by atoms with Gasteiger partial charge in [-0.05, 0) is 23.8 Å². The number of carbonyl (C=O) groups is 1. The van der Waals surface area contributed by atoms with E-state index >= 15 is 0 Å². The highest BCUT2D eigenvalue weighted by Gasteiger charge is 2.33. The van der Waals surface area contributed by atoms with Crippen LogP contribution in [0.5, 0.6) is 0 Å². The van der Waals surface area contributed by atoms with Crippen LogP contribution in [0, 0.1) is 5.82 Å². The first-order valence-electron chi connectivity index (χ1n) is 3.94. The smallest absolute Gasteiger partial charge is 0.299 e. The molecule has 1 aromatic carbocycles. The molecule has 0 saturated heterocycles. The van der Waals surface area contributed by atoms with Crippen molar-refractivity contribution in [3.8, 4) is 0 Å². The summed E-state index contributed by atoms with van der Waals surface area (Å²) in [5.74, 6) is -1.33. The van der Waals surface area contributed by atoms with Crippen molar-refractivity contribution in [2.75, 3.05) is 0 Å². The molecule has 0 aliphatic heterocycles. The van der Waals surface area contributed by atoms with E-state index in [1.165, 1.54) is 6.08 Å². The average Bonchev–Trinajstić information content (AvgIpc) is 2.15. The van der Waals surface area contributed by atoms with Crippen LogP contribution in [0.1, 0.15) is 11.1 Å². The molecule has 5 heteroatoms. The molecule has 0 amide bonds. The first-order chi connectivity index (χ1) is 6.95. The van der Waals surface area contributed by atoms with Gasteiger partial charge in [0, 0.05) is 0 Å². The van der Waals surface area contributed by atoms with Crippen molar-refractivity contribution in [2.24, 2.45) is 0 Å². The number of rotatable bonds is 2. The minimum Gasteiger partial charge on any atom is -0.299 e. The van der Waals surface area contributed by atoms with E-state index in [1.54, 1.807) is 0 Å². The lowest BCUT2D eigenvalue weighted by molar-refractivity contribution is -0.140. The van der Waals surface area contributed by atoms with Crippen molar-refractivity contribution in [3.63, 3.8) is 0 Å². The van der Waals surface area contributed by atoms with Crippen LogP contribution in [0.25, 0.3) is 6.08 Å². The Balaban J connectivity index is 3.17. The maximum absolute atomic E-state index is 12.8. The van der Waals surface area contributed by atoms with Crippen LogP contribution in [-0.4, -0.2) is 6.29 Å². The summed E-state index contributed by atoms with van der Waals surface area (Å²) in [6.07, 6.45) is -2.10. The molecular formula is C10H6F4O. The highest BCUT2D eigenvalue weighted by atomic mass is 19.4. The zero-order chi connectivity index (χ0) is 11.5. The van der Waals surface area contributed by atoms with Crippen LogP contribution in [-0.2, 0) is 11.0 Å². The van der Waals surface area contributed by atoms with Crippen molar-refractivity contribution >= 4 is 12.4 Å². The summed E-state index contributed by atoms with van der Waals surface area (Å²) in [5.41, 5.74) is -1.22. The fourth-order valence-electron chi connectivity index (χ4n) is 1.01. The molecule has 1 aromatic rings. The molecule has 1 nitrogen and oxygen atoms in total. The Hall–Kier alpha value is -1.65. The molecule has 0 N–H and O–H groups in total. The van der Waals surface area contributed by atoms with Crippen molar-refractivity contribution < 1.29 is 22.4 Å². The lowest BCUT2D eigenvalue weighted by Gasteiger charge is -2.08. The van der Waals surface area contributed by atoms with Crippen LogP contribution in [0.3, 0.4) is 0 Å². The number of carbonyl (C=O) groups excluding carboxylic acids is 1. The number of hydrogen-bond acceptors (Lipinski definition) is 1. The molecule has 15 heavy (non-hydrogen) atoms. The van der Waals surface area contributed by atoms with Crippen molar-refractivity contribution in [1.82, 2.24) is 0 Å². The average molecular weight is 218 g/mol. The predicted molar refractivity (Wildman–Crippen MR) is 46.5 cm³/mol. The topological polar surface area (TPSA) is 17.1 Å². The van der Waals surface area contributed by atoms with Crippen LogP contribution in [0.4, 0.5) is 17.6 Å². The molecule has 0 atom stereocenters. The molecule has 80 valence electrons. The summed E-state index contributed by atoms with van der Waals surface area (Å²) in [6.45, 7) is 0. The van der Waals surface area contributed by atoms with Gasteiger partial charge in [-0.1, -0.05) is 12.1 Å². The molecular weight excluding hydrogens is 212 g/mol. The van der Waals surface area contributed by atoms with Gasteiger partial charge < -0.3 is 0 Å². The van der Waals surface area contributed by atoms with E-state index in [1.807, 2.05) is 0 Å². The second-order valence-electron chi connectivity index (χ2n) is 2.73. The largest absolute Gasteiger partial charge is 0.419 e. The van der Waals surface area contributed by atoms with E-state index < -0.39 is 17.6 Å². The van der Waals surface area contributed by atoms with E-state index in [2.05, 4.69) is 0 Å². The van der Waals surface area contributed by atoms with Crippen LogP contribution >= 0.6 is 0 Å². The maximum Gasteiger partial charge on any atom is 0.419 e. The third-order valence-corrected chi connectivity index (χ3v) is 1.66. The van der Waals surface area contributed by atoms with E-state index in [0.717, 1.165) is 12.1 Å². The molecule has 0 aromatic heterocycles. The Bertz CT molecular complexity index is 393. The van der Waals surface area contributed by atoms with E-state index in [9.17, 15) is 22.4 Å². The normalized spacial score (nSPS) is 12.0. The first-order valence-corrected chi connectivity index (χ1v) is 3.94. The third kappa shape index (κ3) is 2.90. The minimum absolute atomic E-state index is 0.121. The van der Waals surface area contributed by atoms with Crippen molar-refractivity contribution in [2.45, 2.75) is 6.18 Å². The lowest BCUT2D eigenvalue weighted by atomic mass is 10.1. The third-order valence-electron chi connectivity index (χ3n) is 1.66. The number of hydrogen-bond donors (Lipinski definition) is 0. The summed E-state index contributed by atoms with van der Waals surface area (Å²) >= 11 is 0. The maximum atomic E-state index is 12.8. The van der Waals surface area contributed by atoms with Gasteiger partial charge in [0.1, 0.15) is 12.1 Å². The Morgan fingerprint density at radius 1 is 1.20 bits per heavy atom. The minimum atomic E-state index is -4.73. The van der Waals surface area contributed by atoms with Gasteiger partial charge in [0.2, 0.25) is 0 Å². The van der Waals surface area contributed by atoms with Gasteiger partial charge >= 0.3 is 6.18 Å². The zero-order valence-corrected chi connectivity index (χ0v) is 7.38. The Kier molecular flexibility index (Phi) is 3.24. The SMILES string of the molecule is O=CC=Cc1ccc(F)c(C(F)(F)F)c1. The Morgan fingerprint density at radius 2 is 1.87 bits per heavy atom. The van der Waals surface area contributed by atoms with Crippen LogP contribution in [0.15, 0.2) is 24.3 Å². The standard InChI is InChI=1S/C10H6F4O/c11-9-4-3-7(2-1-5-15)6-8(9)10(12,13)14/h1-6H. The summed E-state index contributed by atoms with van der Waals surface area (Å²) in [6, 6.07) is 2.52. The molecule has 0 bridgehead atoms. The first kappa shape index (κ1) is 11.4. The molecule has 0 spiro atoms. The van der Waals surface area contributed by atoms with Crippen LogP contribution in [0.2, 0.25) is 0 Å². The quantitative estimate of drug-likeness (QED) is 0.423. The molecule has 0 heterocycles. The van der Waals surface area contributed by atoms with Crippen molar-refractivity contribution in [1.29, 1.82) is 0 Å². The van der Waals surface area contributed by atoms with Gasteiger partial charge in [-0.15, -0.1) is 0 Å². The predicted octanol–water partition coefficient (Wildman–Crippen LogP) is 3.06. The van der Waals surface area contributed by atoms with Gasteiger partial charge in [0.05, 0.1) is 5.56 Å². The molecule has 0 radical (unpaired) electrons. The molecule has 0 fully saturated rings. The van der Waals surface area contributed by atoms with Gasteiger partial charge in [-0.2, -0.15) is 13.2 Å². The number of benzene rings is 1. The van der Waals surface area contributed by atoms with E-state index in [0.29, 0.717) is 18.4 Å². The molecule has 0 unspecified atom stereocenters. The summed E-state index contributed by atoms with van der Waals surface area (Å²) in [4.78, 5) is 9.94. The summed E-state index contributed by atoms with van der Waals surface area (Å²) < 4.78 is 49.4. The van der Waals surface area contributed by atoms with Gasteiger partial charge in [-0.25, -0.2) is 4.39 Å². The summed E-state index contributed by atoms with van der Waals surface area (Å²) in [5, 5.41) is 0. The number of halogens is 4. The van der Waals surface area contributed by atoms with Crippen molar-refractivity contribution in [3.05, 3.63) is 41.2 Å². The molecule has 0 aliphatic rings. The lowest BCUT2D eigenvalue weighted by Crippen LogP contribution is -2.08. The Labute approximate surface area is 83.0 Å². The van der Waals surface area contributed by atoms with E-state index in [-0.39, 0.29) is 5.56 Å². The molecule has 1 rings (SSSR count). The molecule has 0 saturated carbocycles. The van der Waals surface area contributed by atoms with Gasteiger partial charge in [0.25, 0.3) is 0 Å². The zero-order valence-electron chi connectivity index (χ0n) is 7.38. The number of aldehydes is 1.